The summed E-state index contributed by atoms with van der Waals surface area (Å²) in [6.45, 7) is 8.06. The number of amides is 1. The molecular weight excluding hydrogens is 216 g/mol. The number of rotatable bonds is 2. The van der Waals surface area contributed by atoms with E-state index in [0.717, 1.165) is 31.8 Å². The summed E-state index contributed by atoms with van der Waals surface area (Å²) < 4.78 is 0. The largest absolute Gasteiger partial charge is 0.336 e. The van der Waals surface area contributed by atoms with Crippen LogP contribution in [0.2, 0.25) is 0 Å². The summed E-state index contributed by atoms with van der Waals surface area (Å²) in [5, 5.41) is 6.77. The summed E-state index contributed by atoms with van der Waals surface area (Å²) in [7, 11) is 0. The number of likely N-dealkylation sites (tertiary alicyclic amines) is 1. The topological polar surface area (TPSA) is 61.9 Å². The number of carbonyl (C=O) groups is 1. The van der Waals surface area contributed by atoms with E-state index in [9.17, 15) is 4.79 Å². The van der Waals surface area contributed by atoms with Crippen molar-refractivity contribution in [3.05, 3.63) is 11.6 Å². The smallest absolute Gasteiger partial charge is 0.293 e. The van der Waals surface area contributed by atoms with Crippen LogP contribution < -0.4 is 0 Å². The third-order valence-electron chi connectivity index (χ3n) is 3.68. The molecule has 1 saturated heterocycles. The van der Waals surface area contributed by atoms with E-state index in [1.807, 2.05) is 11.8 Å². The molecule has 2 atom stereocenters. The lowest BCUT2D eigenvalue weighted by molar-refractivity contribution is 0.0615. The van der Waals surface area contributed by atoms with Crippen molar-refractivity contribution in [2.75, 3.05) is 13.1 Å². The second kappa shape index (κ2) is 4.85. The Bertz CT molecular complexity index is 401. The van der Waals surface area contributed by atoms with Crippen molar-refractivity contribution < 1.29 is 4.79 Å². The van der Waals surface area contributed by atoms with Gasteiger partial charge in [-0.3, -0.25) is 9.89 Å². The summed E-state index contributed by atoms with van der Waals surface area (Å²) in [5.74, 6) is 2.28. The summed E-state index contributed by atoms with van der Waals surface area (Å²) >= 11 is 0. The quantitative estimate of drug-likeness (QED) is 0.846. The molecule has 5 nitrogen and oxygen atoms in total. The third-order valence-corrected chi connectivity index (χ3v) is 3.68. The fourth-order valence-corrected chi connectivity index (χ4v) is 2.14. The van der Waals surface area contributed by atoms with Gasteiger partial charge in [0.15, 0.2) is 0 Å². The second-order valence-corrected chi connectivity index (χ2v) is 4.95. The Kier molecular flexibility index (Phi) is 3.45. The first-order valence-corrected chi connectivity index (χ1v) is 6.32. The van der Waals surface area contributed by atoms with E-state index in [1.54, 1.807) is 0 Å². The Balaban J connectivity index is 2.05. The van der Waals surface area contributed by atoms with Gasteiger partial charge < -0.3 is 4.90 Å². The van der Waals surface area contributed by atoms with Crippen molar-refractivity contribution in [2.45, 2.75) is 33.6 Å². The molecule has 1 aromatic heterocycles. The first-order chi connectivity index (χ1) is 8.11. The van der Waals surface area contributed by atoms with E-state index >= 15 is 0 Å². The molecule has 0 spiro atoms. The fraction of sp³-hybridized carbons (Fsp3) is 0.750. The number of hydrogen-bond acceptors (Lipinski definition) is 3. The van der Waals surface area contributed by atoms with Gasteiger partial charge in [0.1, 0.15) is 5.82 Å². The summed E-state index contributed by atoms with van der Waals surface area (Å²) in [4.78, 5) is 18.2. The Morgan fingerprint density at radius 3 is 2.82 bits per heavy atom. The van der Waals surface area contributed by atoms with Gasteiger partial charge in [-0.15, -0.1) is 5.10 Å². The maximum atomic E-state index is 12.2. The third kappa shape index (κ3) is 2.48. The minimum Gasteiger partial charge on any atom is -0.336 e. The molecular formula is C12H20N4O. The van der Waals surface area contributed by atoms with Gasteiger partial charge in [0.2, 0.25) is 5.82 Å². The van der Waals surface area contributed by atoms with Gasteiger partial charge in [0, 0.05) is 19.5 Å². The monoisotopic (exact) mass is 236 g/mol. The van der Waals surface area contributed by atoms with E-state index in [-0.39, 0.29) is 5.91 Å². The molecule has 1 aromatic rings. The molecule has 17 heavy (non-hydrogen) atoms. The molecule has 5 heteroatoms. The highest BCUT2D eigenvalue weighted by molar-refractivity contribution is 5.90. The number of nitrogens with zero attached hydrogens (tertiary/aromatic N) is 3. The lowest BCUT2D eigenvalue weighted by Crippen LogP contribution is -2.42. The molecule has 1 aliphatic rings. The number of nitrogens with one attached hydrogen (secondary N) is 1. The number of piperidine rings is 1. The summed E-state index contributed by atoms with van der Waals surface area (Å²) in [5.41, 5.74) is 0. The Morgan fingerprint density at radius 2 is 2.24 bits per heavy atom. The number of H-pyrrole nitrogens is 1. The number of carbonyl (C=O) groups excluding carboxylic acids is 1. The van der Waals surface area contributed by atoms with Crippen molar-refractivity contribution in [1.82, 2.24) is 20.1 Å². The van der Waals surface area contributed by atoms with Crippen molar-refractivity contribution >= 4 is 5.91 Å². The van der Waals surface area contributed by atoms with Crippen LogP contribution in [-0.2, 0) is 6.42 Å². The summed E-state index contributed by atoms with van der Waals surface area (Å²) in [6.07, 6.45) is 1.84. The standard InChI is InChI=1S/C12H20N4O/c1-4-10-13-11(15-14-10)12(17)16-6-5-8(2)9(3)7-16/h8-9H,4-7H2,1-3H3,(H,13,14,15). The number of aromatic nitrogens is 3. The van der Waals surface area contributed by atoms with Gasteiger partial charge in [-0.2, -0.15) is 0 Å². The van der Waals surface area contributed by atoms with Gasteiger partial charge in [0.25, 0.3) is 5.91 Å². The minimum absolute atomic E-state index is 0.0419. The predicted molar refractivity (Wildman–Crippen MR) is 64.6 cm³/mol. The average molecular weight is 236 g/mol. The second-order valence-electron chi connectivity index (χ2n) is 4.95. The van der Waals surface area contributed by atoms with Crippen LogP contribution >= 0.6 is 0 Å². The van der Waals surface area contributed by atoms with E-state index < -0.39 is 0 Å². The van der Waals surface area contributed by atoms with Crippen LogP contribution in [0.1, 0.15) is 43.6 Å². The number of aromatic amines is 1. The Morgan fingerprint density at radius 1 is 1.47 bits per heavy atom. The van der Waals surface area contributed by atoms with Gasteiger partial charge in [-0.05, 0) is 18.3 Å². The maximum Gasteiger partial charge on any atom is 0.293 e. The molecule has 1 fully saturated rings. The van der Waals surface area contributed by atoms with Crippen LogP contribution in [0, 0.1) is 11.8 Å². The van der Waals surface area contributed by atoms with Crippen molar-refractivity contribution in [1.29, 1.82) is 0 Å². The minimum atomic E-state index is -0.0419. The van der Waals surface area contributed by atoms with Gasteiger partial charge in [0.05, 0.1) is 0 Å². The van der Waals surface area contributed by atoms with Crippen LogP contribution in [-0.4, -0.2) is 39.1 Å². The molecule has 0 aromatic carbocycles. The van der Waals surface area contributed by atoms with E-state index in [4.69, 9.17) is 0 Å². The van der Waals surface area contributed by atoms with Crippen LogP contribution in [0.15, 0.2) is 0 Å². The molecule has 0 aliphatic carbocycles. The molecule has 2 rings (SSSR count). The Hall–Kier alpha value is -1.39. The van der Waals surface area contributed by atoms with E-state index in [2.05, 4.69) is 29.0 Å². The normalized spacial score (nSPS) is 25.0. The molecule has 2 unspecified atom stereocenters. The van der Waals surface area contributed by atoms with Crippen molar-refractivity contribution in [3.8, 4) is 0 Å². The van der Waals surface area contributed by atoms with Gasteiger partial charge in [-0.1, -0.05) is 20.8 Å². The number of aryl methyl sites for hydroxylation is 1. The molecule has 1 N–H and O–H groups in total. The van der Waals surface area contributed by atoms with Gasteiger partial charge >= 0.3 is 0 Å². The SMILES string of the molecule is CCc1nc(C(=O)N2CCC(C)C(C)C2)n[nH]1. The maximum absolute atomic E-state index is 12.2. The number of hydrogen-bond donors (Lipinski definition) is 1. The molecule has 1 aliphatic heterocycles. The molecule has 0 bridgehead atoms. The molecule has 0 saturated carbocycles. The van der Waals surface area contributed by atoms with Crippen LogP contribution in [0.4, 0.5) is 0 Å². The zero-order valence-corrected chi connectivity index (χ0v) is 10.7. The Labute approximate surface area is 102 Å². The fourth-order valence-electron chi connectivity index (χ4n) is 2.14. The average Bonchev–Trinajstić information content (AvgIpc) is 2.80. The van der Waals surface area contributed by atoms with Crippen LogP contribution in [0.5, 0.6) is 0 Å². The first-order valence-electron chi connectivity index (χ1n) is 6.32. The van der Waals surface area contributed by atoms with Crippen molar-refractivity contribution in [3.63, 3.8) is 0 Å². The van der Waals surface area contributed by atoms with Crippen molar-refractivity contribution in [2.24, 2.45) is 11.8 Å². The summed E-state index contributed by atoms with van der Waals surface area (Å²) in [6, 6.07) is 0. The van der Waals surface area contributed by atoms with Crippen LogP contribution in [0.3, 0.4) is 0 Å². The molecule has 1 amide bonds. The zero-order chi connectivity index (χ0) is 12.4. The highest BCUT2D eigenvalue weighted by Crippen LogP contribution is 2.23. The van der Waals surface area contributed by atoms with E-state index in [1.165, 1.54) is 0 Å². The zero-order valence-electron chi connectivity index (χ0n) is 10.7. The lowest BCUT2D eigenvalue weighted by Gasteiger charge is -2.34. The van der Waals surface area contributed by atoms with Gasteiger partial charge in [-0.25, -0.2) is 4.98 Å². The highest BCUT2D eigenvalue weighted by Gasteiger charge is 2.28. The predicted octanol–water partition coefficient (Wildman–Crippen LogP) is 1.49. The molecule has 0 radical (unpaired) electrons. The van der Waals surface area contributed by atoms with E-state index in [0.29, 0.717) is 17.7 Å². The van der Waals surface area contributed by atoms with Crippen LogP contribution in [0.25, 0.3) is 0 Å². The molecule has 2 heterocycles. The molecule has 94 valence electrons. The first kappa shape index (κ1) is 12.1. The highest BCUT2D eigenvalue weighted by atomic mass is 16.2. The lowest BCUT2D eigenvalue weighted by atomic mass is 9.89.